The van der Waals surface area contributed by atoms with Gasteiger partial charge in [-0.2, -0.15) is 0 Å². The maximum Gasteiger partial charge on any atom is 0.263 e. The average molecular weight is 354 g/mol. The molecule has 2 rings (SSSR count). The van der Waals surface area contributed by atoms with Crippen molar-refractivity contribution in [2.45, 2.75) is 25.7 Å². The lowest BCUT2D eigenvalue weighted by atomic mass is 10.1. The van der Waals surface area contributed by atoms with Gasteiger partial charge in [-0.25, -0.2) is 8.42 Å². The molecule has 20 heavy (non-hydrogen) atoms. The fourth-order valence-electron chi connectivity index (χ4n) is 1.85. The van der Waals surface area contributed by atoms with Crippen LogP contribution in [-0.4, -0.2) is 8.42 Å². The molecule has 0 heterocycles. The van der Waals surface area contributed by atoms with Gasteiger partial charge >= 0.3 is 0 Å². The van der Waals surface area contributed by atoms with Crippen LogP contribution in [0.15, 0.2) is 45.8 Å². The number of benzene rings is 2. The van der Waals surface area contributed by atoms with E-state index in [9.17, 15) is 8.42 Å². The third-order valence-corrected chi connectivity index (χ3v) is 5.55. The number of halogens is 1. The first-order valence-electron chi connectivity index (χ1n) is 6.16. The van der Waals surface area contributed by atoms with E-state index in [0.717, 1.165) is 16.7 Å². The minimum atomic E-state index is -3.60. The van der Waals surface area contributed by atoms with E-state index in [2.05, 4.69) is 20.7 Å². The van der Waals surface area contributed by atoms with E-state index in [1.165, 1.54) is 0 Å². The number of nitrogens with one attached hydrogen (secondary N) is 1. The monoisotopic (exact) mass is 353 g/mol. The Morgan fingerprint density at radius 3 is 2.20 bits per heavy atom. The first-order valence-corrected chi connectivity index (χ1v) is 8.44. The predicted octanol–water partition coefficient (Wildman–Crippen LogP) is 4.18. The Morgan fingerprint density at radius 1 is 0.950 bits per heavy atom. The molecule has 0 aliphatic rings. The summed E-state index contributed by atoms with van der Waals surface area (Å²) in [5.41, 5.74) is 3.47. The molecule has 2 aromatic carbocycles. The smallest absolute Gasteiger partial charge is 0.263 e. The fraction of sp³-hybridized carbons (Fsp3) is 0.200. The molecule has 2 aromatic rings. The molecule has 0 aliphatic heterocycles. The first kappa shape index (κ1) is 15.1. The Bertz CT molecular complexity index is 754. The third-order valence-electron chi connectivity index (χ3n) is 3.23. The first-order chi connectivity index (χ1) is 9.31. The number of rotatable bonds is 3. The molecule has 0 aromatic heterocycles. The van der Waals surface area contributed by atoms with Crippen molar-refractivity contribution in [1.29, 1.82) is 0 Å². The molecule has 0 bridgehead atoms. The second-order valence-corrected chi connectivity index (χ2v) is 7.29. The maximum absolute atomic E-state index is 12.5. The normalized spacial score (nSPS) is 11.4. The van der Waals surface area contributed by atoms with Crippen LogP contribution in [-0.2, 0) is 10.0 Å². The third kappa shape index (κ3) is 3.04. The van der Waals surface area contributed by atoms with Gasteiger partial charge < -0.3 is 0 Å². The van der Waals surface area contributed by atoms with E-state index >= 15 is 0 Å². The van der Waals surface area contributed by atoms with E-state index in [1.807, 2.05) is 39.0 Å². The number of hydrogen-bond acceptors (Lipinski definition) is 2. The van der Waals surface area contributed by atoms with Crippen molar-refractivity contribution >= 4 is 31.6 Å². The number of hydrogen-bond donors (Lipinski definition) is 1. The van der Waals surface area contributed by atoms with Crippen LogP contribution in [0.3, 0.4) is 0 Å². The molecule has 0 saturated heterocycles. The van der Waals surface area contributed by atoms with E-state index in [0.29, 0.717) is 10.2 Å². The topological polar surface area (TPSA) is 46.2 Å². The highest BCUT2D eigenvalue weighted by molar-refractivity contribution is 9.10. The summed E-state index contributed by atoms with van der Waals surface area (Å²) in [4.78, 5) is 0.254. The summed E-state index contributed by atoms with van der Waals surface area (Å²) in [5.74, 6) is 0. The Labute approximate surface area is 128 Å². The fourth-order valence-corrected chi connectivity index (χ4v) is 4.22. The molecule has 0 atom stereocenters. The molecule has 0 spiro atoms. The lowest BCUT2D eigenvalue weighted by molar-refractivity contribution is 0.600. The quantitative estimate of drug-likeness (QED) is 0.899. The molecule has 106 valence electrons. The predicted molar refractivity (Wildman–Crippen MR) is 85.6 cm³/mol. The van der Waals surface area contributed by atoms with Crippen molar-refractivity contribution in [3.05, 3.63) is 57.6 Å². The van der Waals surface area contributed by atoms with Crippen molar-refractivity contribution in [1.82, 2.24) is 0 Å². The molecular weight excluding hydrogens is 338 g/mol. The Hall–Kier alpha value is -1.33. The van der Waals surface area contributed by atoms with Gasteiger partial charge in [-0.3, -0.25) is 4.72 Å². The molecule has 0 unspecified atom stereocenters. The average Bonchev–Trinajstić information content (AvgIpc) is 2.36. The molecule has 0 fully saturated rings. The largest absolute Gasteiger partial charge is 0.279 e. The lowest BCUT2D eigenvalue weighted by Crippen LogP contribution is -2.14. The van der Waals surface area contributed by atoms with Gasteiger partial charge in [-0.15, -0.1) is 0 Å². The van der Waals surface area contributed by atoms with Gasteiger partial charge in [0.15, 0.2) is 0 Å². The van der Waals surface area contributed by atoms with Crippen LogP contribution in [0.25, 0.3) is 0 Å². The van der Waals surface area contributed by atoms with Crippen LogP contribution in [0.4, 0.5) is 5.69 Å². The highest BCUT2D eigenvalue weighted by atomic mass is 79.9. The summed E-state index contributed by atoms with van der Waals surface area (Å²) in [5, 5.41) is 0. The molecular formula is C15H16BrNO2S. The van der Waals surface area contributed by atoms with Crippen LogP contribution in [0.2, 0.25) is 0 Å². The van der Waals surface area contributed by atoms with Crippen molar-refractivity contribution < 1.29 is 8.42 Å². The number of anilines is 1. The molecule has 0 amide bonds. The van der Waals surface area contributed by atoms with Crippen LogP contribution in [0, 0.1) is 20.8 Å². The highest BCUT2D eigenvalue weighted by Crippen LogP contribution is 2.28. The highest BCUT2D eigenvalue weighted by Gasteiger charge is 2.19. The van der Waals surface area contributed by atoms with Gasteiger partial charge in [0.05, 0.1) is 5.69 Å². The number of para-hydroxylation sites is 1. The number of aryl methyl sites for hydroxylation is 3. The molecule has 0 aliphatic carbocycles. The van der Waals surface area contributed by atoms with Gasteiger partial charge in [-0.1, -0.05) is 18.2 Å². The Kier molecular flexibility index (Phi) is 4.20. The van der Waals surface area contributed by atoms with Gasteiger partial charge in [0.2, 0.25) is 0 Å². The van der Waals surface area contributed by atoms with Crippen molar-refractivity contribution in [2.24, 2.45) is 0 Å². The summed E-state index contributed by atoms with van der Waals surface area (Å²) in [6.07, 6.45) is 0. The van der Waals surface area contributed by atoms with Gasteiger partial charge in [0, 0.05) is 4.47 Å². The SMILES string of the molecule is Cc1cc(Br)c(S(=O)(=O)Nc2ccccc2C)cc1C. The van der Waals surface area contributed by atoms with E-state index in [1.54, 1.807) is 18.2 Å². The zero-order valence-electron chi connectivity index (χ0n) is 11.6. The van der Waals surface area contributed by atoms with E-state index in [4.69, 9.17) is 0 Å². The van der Waals surface area contributed by atoms with Gasteiger partial charge in [0.1, 0.15) is 4.90 Å². The summed E-state index contributed by atoms with van der Waals surface area (Å²) in [6.45, 7) is 5.72. The summed E-state index contributed by atoms with van der Waals surface area (Å²) < 4.78 is 28.2. The molecule has 0 saturated carbocycles. The minimum Gasteiger partial charge on any atom is -0.279 e. The van der Waals surface area contributed by atoms with Crippen LogP contribution in [0.1, 0.15) is 16.7 Å². The van der Waals surface area contributed by atoms with E-state index in [-0.39, 0.29) is 4.90 Å². The van der Waals surface area contributed by atoms with E-state index < -0.39 is 10.0 Å². The molecule has 1 N–H and O–H groups in total. The summed E-state index contributed by atoms with van der Waals surface area (Å²) >= 11 is 3.33. The molecule has 5 heteroatoms. The zero-order chi connectivity index (χ0) is 14.9. The van der Waals surface area contributed by atoms with Gasteiger partial charge in [0.25, 0.3) is 10.0 Å². The number of sulfonamides is 1. The van der Waals surface area contributed by atoms with Crippen molar-refractivity contribution in [2.75, 3.05) is 4.72 Å². The summed E-state index contributed by atoms with van der Waals surface area (Å²) in [6, 6.07) is 10.8. The maximum atomic E-state index is 12.5. The Morgan fingerprint density at radius 2 is 1.55 bits per heavy atom. The van der Waals surface area contributed by atoms with Crippen LogP contribution < -0.4 is 4.72 Å². The standard InChI is InChI=1S/C15H16BrNO2S/c1-10-6-4-5-7-14(10)17-20(18,19)15-9-12(3)11(2)8-13(15)16/h4-9,17H,1-3H3. The lowest BCUT2D eigenvalue weighted by Gasteiger charge is -2.13. The van der Waals surface area contributed by atoms with Gasteiger partial charge in [-0.05, 0) is 71.6 Å². The second kappa shape index (κ2) is 5.58. The Balaban J connectivity index is 2.47. The minimum absolute atomic E-state index is 0.254. The van der Waals surface area contributed by atoms with Crippen molar-refractivity contribution in [3.63, 3.8) is 0 Å². The molecule has 3 nitrogen and oxygen atoms in total. The summed E-state index contributed by atoms with van der Waals surface area (Å²) in [7, 11) is -3.60. The van der Waals surface area contributed by atoms with Crippen molar-refractivity contribution in [3.8, 4) is 0 Å². The van der Waals surface area contributed by atoms with Crippen LogP contribution in [0.5, 0.6) is 0 Å². The molecule has 0 radical (unpaired) electrons. The zero-order valence-corrected chi connectivity index (χ0v) is 14.0. The second-order valence-electron chi connectivity index (χ2n) is 4.79. The van der Waals surface area contributed by atoms with Crippen LogP contribution >= 0.6 is 15.9 Å².